The van der Waals surface area contributed by atoms with Gasteiger partial charge in [0.1, 0.15) is 5.76 Å². The summed E-state index contributed by atoms with van der Waals surface area (Å²) in [6, 6.07) is 2.05. The van der Waals surface area contributed by atoms with E-state index in [9.17, 15) is 4.21 Å². The second-order valence-electron chi connectivity index (χ2n) is 5.52. The molecule has 0 aliphatic carbocycles. The Labute approximate surface area is 118 Å². The van der Waals surface area contributed by atoms with E-state index in [4.69, 9.17) is 4.42 Å². The van der Waals surface area contributed by atoms with Crippen LogP contribution in [0.25, 0.3) is 0 Å². The largest absolute Gasteiger partial charge is 0.468 e. The second-order valence-corrected chi connectivity index (χ2v) is 7.21. The number of nitrogens with one attached hydrogen (secondary N) is 1. The van der Waals surface area contributed by atoms with Gasteiger partial charge in [0.25, 0.3) is 0 Å². The van der Waals surface area contributed by atoms with E-state index in [2.05, 4.69) is 24.1 Å². The lowest BCUT2D eigenvalue weighted by atomic mass is 10.2. The minimum absolute atomic E-state index is 0.609. The van der Waals surface area contributed by atoms with Gasteiger partial charge in [-0.1, -0.05) is 13.8 Å². The van der Waals surface area contributed by atoms with Crippen LogP contribution in [-0.4, -0.2) is 40.2 Å². The fraction of sp³-hybridized carbons (Fsp3) is 0.714. The molecule has 0 amide bonds. The molecule has 0 spiro atoms. The van der Waals surface area contributed by atoms with E-state index in [1.807, 2.05) is 6.07 Å². The Balaban J connectivity index is 1.83. The summed E-state index contributed by atoms with van der Waals surface area (Å²) in [5, 5.41) is 3.44. The highest BCUT2D eigenvalue weighted by atomic mass is 32.2. The summed E-state index contributed by atoms with van der Waals surface area (Å²) in [6.45, 7) is 8.95. The van der Waals surface area contributed by atoms with E-state index in [1.165, 1.54) is 5.56 Å². The van der Waals surface area contributed by atoms with Crippen LogP contribution in [0.4, 0.5) is 0 Å². The average molecular weight is 284 g/mol. The Morgan fingerprint density at radius 2 is 2.16 bits per heavy atom. The first kappa shape index (κ1) is 14.8. The SMILES string of the molecule is CC(C)CNCc1ccoc1CN1CCS(=O)CC1. The zero-order valence-corrected chi connectivity index (χ0v) is 12.7. The summed E-state index contributed by atoms with van der Waals surface area (Å²) in [5.41, 5.74) is 1.24. The summed E-state index contributed by atoms with van der Waals surface area (Å²) >= 11 is 0. The first-order valence-electron chi connectivity index (χ1n) is 6.98. The smallest absolute Gasteiger partial charge is 0.122 e. The topological polar surface area (TPSA) is 45.5 Å². The Kier molecular flexibility index (Phi) is 5.60. The lowest BCUT2D eigenvalue weighted by molar-refractivity contribution is 0.263. The van der Waals surface area contributed by atoms with Crippen molar-refractivity contribution in [3.8, 4) is 0 Å². The number of hydrogen-bond acceptors (Lipinski definition) is 4. The zero-order chi connectivity index (χ0) is 13.7. The van der Waals surface area contributed by atoms with E-state index in [1.54, 1.807) is 6.26 Å². The molecular formula is C14H24N2O2S. The maximum absolute atomic E-state index is 11.3. The predicted octanol–water partition coefficient (Wildman–Crippen LogP) is 1.59. The van der Waals surface area contributed by atoms with Crippen molar-refractivity contribution < 1.29 is 8.63 Å². The molecule has 1 saturated heterocycles. The molecule has 0 aromatic carbocycles. The summed E-state index contributed by atoms with van der Waals surface area (Å²) in [6.07, 6.45) is 1.77. The fourth-order valence-electron chi connectivity index (χ4n) is 2.20. The molecule has 5 heteroatoms. The van der Waals surface area contributed by atoms with Crippen LogP contribution in [-0.2, 0) is 23.9 Å². The quantitative estimate of drug-likeness (QED) is 0.861. The van der Waals surface area contributed by atoms with Gasteiger partial charge in [-0.05, 0) is 18.5 Å². The van der Waals surface area contributed by atoms with E-state index in [0.29, 0.717) is 5.92 Å². The van der Waals surface area contributed by atoms with Gasteiger partial charge in [-0.3, -0.25) is 9.11 Å². The summed E-state index contributed by atoms with van der Waals surface area (Å²) in [5.74, 6) is 3.29. The maximum atomic E-state index is 11.3. The monoisotopic (exact) mass is 284 g/mol. The third-order valence-electron chi connectivity index (χ3n) is 3.34. The van der Waals surface area contributed by atoms with Crippen LogP contribution in [0, 0.1) is 5.92 Å². The van der Waals surface area contributed by atoms with Crippen molar-refractivity contribution in [1.29, 1.82) is 0 Å². The molecule has 1 fully saturated rings. The molecule has 1 N–H and O–H groups in total. The Morgan fingerprint density at radius 1 is 1.42 bits per heavy atom. The third-order valence-corrected chi connectivity index (χ3v) is 4.62. The maximum Gasteiger partial charge on any atom is 0.122 e. The normalized spacial score (nSPS) is 18.3. The van der Waals surface area contributed by atoms with Crippen molar-refractivity contribution in [3.05, 3.63) is 23.7 Å². The van der Waals surface area contributed by atoms with Crippen molar-refractivity contribution >= 4 is 10.8 Å². The number of rotatable bonds is 6. The predicted molar refractivity (Wildman–Crippen MR) is 78.4 cm³/mol. The van der Waals surface area contributed by atoms with Crippen LogP contribution < -0.4 is 5.32 Å². The van der Waals surface area contributed by atoms with Crippen LogP contribution in [0.1, 0.15) is 25.2 Å². The van der Waals surface area contributed by atoms with Gasteiger partial charge in [-0.25, -0.2) is 0 Å². The summed E-state index contributed by atoms with van der Waals surface area (Å²) in [7, 11) is -0.609. The highest BCUT2D eigenvalue weighted by molar-refractivity contribution is 7.85. The Bertz CT molecular complexity index is 407. The highest BCUT2D eigenvalue weighted by Gasteiger charge is 2.17. The first-order valence-corrected chi connectivity index (χ1v) is 8.47. The molecule has 1 aliphatic heterocycles. The molecule has 0 saturated carbocycles. The van der Waals surface area contributed by atoms with Crippen LogP contribution in [0.3, 0.4) is 0 Å². The minimum Gasteiger partial charge on any atom is -0.468 e. The highest BCUT2D eigenvalue weighted by Crippen LogP contribution is 2.14. The average Bonchev–Trinajstić information content (AvgIpc) is 2.79. The molecule has 108 valence electrons. The third kappa shape index (κ3) is 4.75. The van der Waals surface area contributed by atoms with Crippen LogP contribution in [0.15, 0.2) is 16.7 Å². The summed E-state index contributed by atoms with van der Waals surface area (Å²) < 4.78 is 16.9. The lowest BCUT2D eigenvalue weighted by Crippen LogP contribution is -2.37. The molecule has 1 aliphatic rings. The fourth-order valence-corrected chi connectivity index (χ4v) is 3.32. The van der Waals surface area contributed by atoms with Gasteiger partial charge in [0.2, 0.25) is 0 Å². The molecule has 2 rings (SSSR count). The standard InChI is InChI=1S/C14H24N2O2S/c1-12(2)9-15-10-13-3-6-18-14(13)11-16-4-7-19(17)8-5-16/h3,6,12,15H,4-5,7-11H2,1-2H3. The minimum atomic E-state index is -0.609. The van der Waals surface area contributed by atoms with Crippen molar-refractivity contribution in [2.75, 3.05) is 31.1 Å². The van der Waals surface area contributed by atoms with Crippen molar-refractivity contribution in [2.45, 2.75) is 26.9 Å². The van der Waals surface area contributed by atoms with Crippen LogP contribution >= 0.6 is 0 Å². The molecule has 2 heterocycles. The first-order chi connectivity index (χ1) is 9.15. The van der Waals surface area contributed by atoms with E-state index in [0.717, 1.165) is 50.0 Å². The van der Waals surface area contributed by atoms with Crippen molar-refractivity contribution in [2.24, 2.45) is 5.92 Å². The molecule has 4 nitrogen and oxygen atoms in total. The molecule has 0 bridgehead atoms. The van der Waals surface area contributed by atoms with E-state index in [-0.39, 0.29) is 0 Å². The van der Waals surface area contributed by atoms with Gasteiger partial charge >= 0.3 is 0 Å². The van der Waals surface area contributed by atoms with Crippen LogP contribution in [0.2, 0.25) is 0 Å². The van der Waals surface area contributed by atoms with E-state index >= 15 is 0 Å². The zero-order valence-electron chi connectivity index (χ0n) is 11.9. The lowest BCUT2D eigenvalue weighted by Gasteiger charge is -2.25. The van der Waals surface area contributed by atoms with Crippen molar-refractivity contribution in [3.63, 3.8) is 0 Å². The number of furan rings is 1. The van der Waals surface area contributed by atoms with Gasteiger partial charge in [0.15, 0.2) is 0 Å². The van der Waals surface area contributed by atoms with Gasteiger partial charge in [0.05, 0.1) is 12.8 Å². The van der Waals surface area contributed by atoms with Gasteiger partial charge in [0, 0.05) is 47.5 Å². The van der Waals surface area contributed by atoms with Crippen molar-refractivity contribution in [1.82, 2.24) is 10.2 Å². The molecule has 0 atom stereocenters. The molecule has 1 aromatic heterocycles. The van der Waals surface area contributed by atoms with Gasteiger partial charge < -0.3 is 9.73 Å². The molecule has 0 radical (unpaired) electrons. The van der Waals surface area contributed by atoms with Crippen LogP contribution in [0.5, 0.6) is 0 Å². The molecule has 0 unspecified atom stereocenters. The molecule has 19 heavy (non-hydrogen) atoms. The second kappa shape index (κ2) is 7.22. The van der Waals surface area contributed by atoms with Gasteiger partial charge in [-0.2, -0.15) is 0 Å². The number of nitrogens with zero attached hydrogens (tertiary/aromatic N) is 1. The Hall–Kier alpha value is -0.650. The van der Waals surface area contributed by atoms with Gasteiger partial charge in [-0.15, -0.1) is 0 Å². The molecular weight excluding hydrogens is 260 g/mol. The Morgan fingerprint density at radius 3 is 2.84 bits per heavy atom. The summed E-state index contributed by atoms with van der Waals surface area (Å²) in [4.78, 5) is 2.33. The molecule has 1 aromatic rings. The number of hydrogen-bond donors (Lipinski definition) is 1. The van der Waals surface area contributed by atoms with E-state index < -0.39 is 10.8 Å².